The fraction of sp³-hybridized carbons (Fsp3) is 0.211. The van der Waals surface area contributed by atoms with E-state index in [-0.39, 0.29) is 11.3 Å². The normalized spacial score (nSPS) is 10.5. The third kappa shape index (κ3) is 4.03. The molecule has 0 fully saturated rings. The third-order valence-corrected chi connectivity index (χ3v) is 4.00. The van der Waals surface area contributed by atoms with Crippen LogP contribution in [0.15, 0.2) is 36.4 Å². The Kier molecular flexibility index (Phi) is 5.61. The lowest BCUT2D eigenvalue weighted by Gasteiger charge is -2.13. The first-order valence-electron chi connectivity index (χ1n) is 8.19. The second-order valence-corrected chi connectivity index (χ2v) is 5.83. The van der Waals surface area contributed by atoms with Gasteiger partial charge in [-0.05, 0) is 48.9 Å². The summed E-state index contributed by atoms with van der Waals surface area (Å²) in [6.45, 7) is 2.09. The largest absolute Gasteiger partial charge is 0.493 e. The molecule has 0 saturated carbocycles. The predicted molar refractivity (Wildman–Crippen MR) is 103 cm³/mol. The van der Waals surface area contributed by atoms with Crippen LogP contribution in [0.2, 0.25) is 5.28 Å². The van der Waals surface area contributed by atoms with Gasteiger partial charge in [0.25, 0.3) is 0 Å². The van der Waals surface area contributed by atoms with Crippen LogP contribution in [0.25, 0.3) is 10.9 Å². The molecule has 1 N–H and O–H groups in total. The zero-order valence-electron chi connectivity index (χ0n) is 15.1. The lowest BCUT2D eigenvalue weighted by molar-refractivity contribution is 0.0526. The maximum atomic E-state index is 11.8. The molecule has 0 aliphatic carbocycles. The molecule has 0 radical (unpaired) electrons. The number of benzene rings is 2. The van der Waals surface area contributed by atoms with Gasteiger partial charge in [0.05, 0.1) is 31.9 Å². The summed E-state index contributed by atoms with van der Waals surface area (Å²) >= 11 is 6.07. The van der Waals surface area contributed by atoms with E-state index in [1.165, 1.54) is 0 Å². The number of carbonyl (C=O) groups is 1. The van der Waals surface area contributed by atoms with Gasteiger partial charge in [0.2, 0.25) is 5.28 Å². The van der Waals surface area contributed by atoms with Gasteiger partial charge in [-0.15, -0.1) is 0 Å². The molecule has 2 aromatic carbocycles. The average Bonchev–Trinajstić information content (AvgIpc) is 2.67. The highest BCUT2D eigenvalue weighted by Gasteiger charge is 2.13. The molecule has 140 valence electrons. The van der Waals surface area contributed by atoms with E-state index in [0.717, 1.165) is 5.69 Å². The highest BCUT2D eigenvalue weighted by Crippen LogP contribution is 2.35. The summed E-state index contributed by atoms with van der Waals surface area (Å²) in [5.74, 6) is 1.24. The summed E-state index contributed by atoms with van der Waals surface area (Å²) in [6, 6.07) is 10.4. The molecule has 0 unspecified atom stereocenters. The maximum Gasteiger partial charge on any atom is 0.338 e. The smallest absolute Gasteiger partial charge is 0.338 e. The van der Waals surface area contributed by atoms with E-state index in [0.29, 0.717) is 40.4 Å². The van der Waals surface area contributed by atoms with Crippen molar-refractivity contribution in [2.24, 2.45) is 0 Å². The third-order valence-electron chi connectivity index (χ3n) is 3.83. The zero-order valence-corrected chi connectivity index (χ0v) is 15.8. The van der Waals surface area contributed by atoms with E-state index in [1.807, 2.05) is 0 Å². The predicted octanol–water partition coefficient (Wildman–Crippen LogP) is 4.22. The second-order valence-electron chi connectivity index (χ2n) is 5.49. The lowest BCUT2D eigenvalue weighted by Crippen LogP contribution is -2.04. The monoisotopic (exact) mass is 387 g/mol. The van der Waals surface area contributed by atoms with Crippen LogP contribution in [0, 0.1) is 0 Å². The first kappa shape index (κ1) is 18.7. The van der Waals surface area contributed by atoms with Gasteiger partial charge in [0, 0.05) is 17.1 Å². The Hall–Kier alpha value is -3.06. The van der Waals surface area contributed by atoms with Crippen LogP contribution in [0.1, 0.15) is 17.3 Å². The number of nitrogens with zero attached hydrogens (tertiary/aromatic N) is 2. The number of hydrogen-bond donors (Lipinski definition) is 1. The van der Waals surface area contributed by atoms with Gasteiger partial charge >= 0.3 is 5.97 Å². The van der Waals surface area contributed by atoms with Gasteiger partial charge in [-0.25, -0.2) is 9.78 Å². The summed E-state index contributed by atoms with van der Waals surface area (Å²) < 4.78 is 15.6. The molecule has 0 saturated heterocycles. The summed E-state index contributed by atoms with van der Waals surface area (Å²) in [5, 5.41) is 4.00. The van der Waals surface area contributed by atoms with E-state index < -0.39 is 0 Å². The molecule has 0 bridgehead atoms. The Morgan fingerprint density at radius 3 is 2.37 bits per heavy atom. The van der Waals surface area contributed by atoms with Crippen molar-refractivity contribution in [3.63, 3.8) is 0 Å². The van der Waals surface area contributed by atoms with Crippen molar-refractivity contribution in [3.8, 4) is 11.5 Å². The standard InChI is InChI=1S/C19H18ClN3O4/c1-4-27-18(24)11-5-7-12(8-6-11)21-17-13-9-15(25-2)16(26-3)10-14(13)22-19(20)23-17/h5-10H,4H2,1-3H3,(H,21,22,23). The molecule has 0 amide bonds. The molecule has 1 aromatic heterocycles. The quantitative estimate of drug-likeness (QED) is 0.500. The summed E-state index contributed by atoms with van der Waals surface area (Å²) in [7, 11) is 3.11. The van der Waals surface area contributed by atoms with Crippen molar-refractivity contribution in [2.75, 3.05) is 26.1 Å². The van der Waals surface area contributed by atoms with Crippen LogP contribution in [-0.4, -0.2) is 36.8 Å². The Morgan fingerprint density at radius 1 is 1.07 bits per heavy atom. The maximum absolute atomic E-state index is 11.8. The highest BCUT2D eigenvalue weighted by atomic mass is 35.5. The molecule has 8 heteroatoms. The number of hydrogen-bond acceptors (Lipinski definition) is 7. The van der Waals surface area contributed by atoms with Crippen molar-refractivity contribution in [2.45, 2.75) is 6.92 Å². The number of rotatable bonds is 6. The minimum atomic E-state index is -0.364. The van der Waals surface area contributed by atoms with Crippen molar-refractivity contribution < 1.29 is 19.0 Å². The summed E-state index contributed by atoms with van der Waals surface area (Å²) in [5.41, 5.74) is 1.81. The zero-order chi connectivity index (χ0) is 19.4. The van der Waals surface area contributed by atoms with Crippen LogP contribution in [0.3, 0.4) is 0 Å². The number of methoxy groups -OCH3 is 2. The summed E-state index contributed by atoms with van der Waals surface area (Å²) in [4.78, 5) is 20.3. The fourth-order valence-corrected chi connectivity index (χ4v) is 2.74. The average molecular weight is 388 g/mol. The fourth-order valence-electron chi connectivity index (χ4n) is 2.56. The number of carbonyl (C=O) groups excluding carboxylic acids is 1. The number of aromatic nitrogens is 2. The molecule has 0 aliphatic heterocycles. The van der Waals surface area contributed by atoms with Crippen molar-refractivity contribution in [3.05, 3.63) is 47.2 Å². The van der Waals surface area contributed by atoms with Gasteiger partial charge in [0.15, 0.2) is 11.5 Å². The van der Waals surface area contributed by atoms with E-state index in [9.17, 15) is 4.79 Å². The van der Waals surface area contributed by atoms with E-state index >= 15 is 0 Å². The first-order chi connectivity index (χ1) is 13.0. The molecular formula is C19H18ClN3O4. The molecule has 0 atom stereocenters. The SMILES string of the molecule is CCOC(=O)c1ccc(Nc2nc(Cl)nc3cc(OC)c(OC)cc23)cc1. The van der Waals surface area contributed by atoms with Crippen LogP contribution in [0.5, 0.6) is 11.5 Å². The van der Waals surface area contributed by atoms with Gasteiger partial charge in [-0.3, -0.25) is 0 Å². The van der Waals surface area contributed by atoms with Crippen LogP contribution in [0.4, 0.5) is 11.5 Å². The topological polar surface area (TPSA) is 82.6 Å². The van der Waals surface area contributed by atoms with Crippen molar-refractivity contribution in [1.29, 1.82) is 0 Å². The lowest BCUT2D eigenvalue weighted by atomic mass is 10.2. The first-order valence-corrected chi connectivity index (χ1v) is 8.57. The van der Waals surface area contributed by atoms with E-state index in [1.54, 1.807) is 57.5 Å². The molecule has 0 spiro atoms. The van der Waals surface area contributed by atoms with Crippen molar-refractivity contribution >= 4 is 40.0 Å². The highest BCUT2D eigenvalue weighted by molar-refractivity contribution is 6.28. The number of halogens is 1. The van der Waals surface area contributed by atoms with Crippen LogP contribution in [-0.2, 0) is 4.74 Å². The second kappa shape index (κ2) is 8.09. The van der Waals surface area contributed by atoms with Gasteiger partial charge in [-0.2, -0.15) is 4.98 Å². The molecule has 7 nitrogen and oxygen atoms in total. The minimum Gasteiger partial charge on any atom is -0.493 e. The Morgan fingerprint density at radius 2 is 1.74 bits per heavy atom. The van der Waals surface area contributed by atoms with Crippen molar-refractivity contribution in [1.82, 2.24) is 9.97 Å². The Bertz CT molecular complexity index is 977. The number of ether oxygens (including phenoxy) is 3. The number of nitrogens with one attached hydrogen (secondary N) is 1. The van der Waals surface area contributed by atoms with E-state index in [4.69, 9.17) is 25.8 Å². The number of fused-ring (bicyclic) bond motifs is 1. The van der Waals surface area contributed by atoms with Gasteiger partial charge in [0.1, 0.15) is 5.82 Å². The van der Waals surface area contributed by atoms with Gasteiger partial charge < -0.3 is 19.5 Å². The Labute approximate surface area is 161 Å². The number of anilines is 2. The van der Waals surface area contributed by atoms with Crippen LogP contribution >= 0.6 is 11.6 Å². The van der Waals surface area contributed by atoms with Crippen LogP contribution < -0.4 is 14.8 Å². The number of esters is 1. The van der Waals surface area contributed by atoms with Gasteiger partial charge in [-0.1, -0.05) is 0 Å². The molecule has 27 heavy (non-hydrogen) atoms. The summed E-state index contributed by atoms with van der Waals surface area (Å²) in [6.07, 6.45) is 0. The molecule has 3 rings (SSSR count). The Balaban J connectivity index is 1.97. The molecular weight excluding hydrogens is 370 g/mol. The molecule has 1 heterocycles. The minimum absolute atomic E-state index is 0.0976. The molecule has 0 aliphatic rings. The molecule has 3 aromatic rings. The van der Waals surface area contributed by atoms with E-state index in [2.05, 4.69) is 15.3 Å².